The average Bonchev–Trinajstić information content (AvgIpc) is 2.48. The van der Waals surface area contributed by atoms with Crippen LogP contribution in [0.3, 0.4) is 0 Å². The van der Waals surface area contributed by atoms with Gasteiger partial charge >= 0.3 is 0 Å². The number of carbonyl (C=O) groups is 1. The van der Waals surface area contributed by atoms with Crippen molar-refractivity contribution >= 4 is 12.1 Å². The molecule has 2 aromatic carbocycles. The Morgan fingerprint density at radius 2 is 2.05 bits per heavy atom. The summed E-state index contributed by atoms with van der Waals surface area (Å²) in [4.78, 5) is 11.8. The van der Waals surface area contributed by atoms with E-state index in [1.54, 1.807) is 24.3 Å². The predicted octanol–water partition coefficient (Wildman–Crippen LogP) is 1.87. The van der Waals surface area contributed by atoms with Gasteiger partial charge in [-0.3, -0.25) is 4.79 Å². The first-order chi connectivity index (χ1) is 10.1. The van der Waals surface area contributed by atoms with Gasteiger partial charge in [0.15, 0.2) is 11.5 Å². The topological polar surface area (TPSA) is 91.2 Å². The summed E-state index contributed by atoms with van der Waals surface area (Å²) in [5.74, 6) is -0.0838. The van der Waals surface area contributed by atoms with Crippen LogP contribution < -0.4 is 10.2 Å². The lowest BCUT2D eigenvalue weighted by atomic mass is 10.2. The van der Waals surface area contributed by atoms with E-state index in [-0.39, 0.29) is 11.5 Å². The molecule has 108 valence electrons. The molecule has 0 saturated carbocycles. The number of nitrogens with one attached hydrogen (secondary N) is 1. The first kappa shape index (κ1) is 14.4. The van der Waals surface area contributed by atoms with Gasteiger partial charge in [0.05, 0.1) is 13.3 Å². The van der Waals surface area contributed by atoms with E-state index >= 15 is 0 Å². The minimum atomic E-state index is -0.437. The van der Waals surface area contributed by atoms with E-state index in [2.05, 4.69) is 10.5 Å². The molecule has 0 radical (unpaired) electrons. The Labute approximate surface area is 121 Å². The molecule has 0 bridgehead atoms. The van der Waals surface area contributed by atoms with Gasteiger partial charge in [0, 0.05) is 5.56 Å². The Hall–Kier alpha value is -3.02. The highest BCUT2D eigenvalue weighted by Crippen LogP contribution is 2.25. The molecule has 2 rings (SSSR count). The molecule has 6 nitrogen and oxygen atoms in total. The van der Waals surface area contributed by atoms with Gasteiger partial charge in [0.1, 0.15) is 5.75 Å². The second-order valence-electron chi connectivity index (χ2n) is 4.18. The van der Waals surface area contributed by atoms with Gasteiger partial charge in [0.25, 0.3) is 5.91 Å². The molecule has 3 N–H and O–H groups in total. The van der Waals surface area contributed by atoms with Crippen LogP contribution in [-0.2, 0) is 0 Å². The van der Waals surface area contributed by atoms with E-state index in [0.29, 0.717) is 16.9 Å². The lowest BCUT2D eigenvalue weighted by Crippen LogP contribution is -2.17. The number of nitrogens with zero attached hydrogens (tertiary/aromatic N) is 1. The van der Waals surface area contributed by atoms with E-state index < -0.39 is 5.91 Å². The van der Waals surface area contributed by atoms with Crippen LogP contribution in [0.25, 0.3) is 0 Å². The summed E-state index contributed by atoms with van der Waals surface area (Å²) in [5.41, 5.74) is 3.30. The van der Waals surface area contributed by atoms with Gasteiger partial charge in [-0.2, -0.15) is 5.10 Å². The van der Waals surface area contributed by atoms with Gasteiger partial charge in [-0.1, -0.05) is 6.07 Å². The number of amides is 1. The fourth-order valence-electron chi connectivity index (χ4n) is 1.65. The molecule has 0 aliphatic carbocycles. The highest BCUT2D eigenvalue weighted by atomic mass is 16.5. The first-order valence-corrected chi connectivity index (χ1v) is 6.09. The molecule has 1 amide bonds. The fourth-order valence-corrected chi connectivity index (χ4v) is 1.65. The Morgan fingerprint density at radius 3 is 2.76 bits per heavy atom. The second-order valence-corrected chi connectivity index (χ2v) is 4.18. The smallest absolute Gasteiger partial charge is 0.271 e. The van der Waals surface area contributed by atoms with Crippen LogP contribution in [0, 0.1) is 0 Å². The molecular formula is C15H14N2O4. The Balaban J connectivity index is 2.04. The minimum absolute atomic E-state index is 0.00917. The van der Waals surface area contributed by atoms with Crippen molar-refractivity contribution in [3.05, 3.63) is 53.6 Å². The Morgan fingerprint density at radius 1 is 1.24 bits per heavy atom. The molecule has 0 aliphatic rings. The second kappa shape index (κ2) is 6.42. The summed E-state index contributed by atoms with van der Waals surface area (Å²) in [6.07, 6.45) is 1.42. The fraction of sp³-hybridized carbons (Fsp3) is 0.0667. The Bertz CT molecular complexity index is 683. The number of carbonyl (C=O) groups excluding carboxylic acids is 1. The van der Waals surface area contributed by atoms with Crippen molar-refractivity contribution in [3.63, 3.8) is 0 Å². The number of phenolic OH excluding ortho intramolecular Hbond substituents is 2. The highest BCUT2D eigenvalue weighted by Gasteiger charge is 2.04. The zero-order chi connectivity index (χ0) is 15.2. The summed E-state index contributed by atoms with van der Waals surface area (Å²) in [5, 5.41) is 22.6. The molecule has 0 saturated heterocycles. The van der Waals surface area contributed by atoms with Crippen molar-refractivity contribution in [1.29, 1.82) is 0 Å². The number of hydrazone groups is 1. The number of phenols is 2. The maximum Gasteiger partial charge on any atom is 0.271 e. The lowest BCUT2D eigenvalue weighted by Gasteiger charge is -2.03. The van der Waals surface area contributed by atoms with Crippen molar-refractivity contribution in [2.24, 2.45) is 5.10 Å². The molecule has 21 heavy (non-hydrogen) atoms. The van der Waals surface area contributed by atoms with E-state index in [9.17, 15) is 15.0 Å². The van der Waals surface area contributed by atoms with Gasteiger partial charge in [-0.15, -0.1) is 0 Å². The number of benzene rings is 2. The molecule has 0 aromatic heterocycles. The van der Waals surface area contributed by atoms with Crippen LogP contribution in [0.4, 0.5) is 0 Å². The van der Waals surface area contributed by atoms with Gasteiger partial charge in [-0.25, -0.2) is 5.43 Å². The summed E-state index contributed by atoms with van der Waals surface area (Å²) < 4.78 is 4.97. The maximum atomic E-state index is 11.8. The van der Waals surface area contributed by atoms with Crippen LogP contribution in [0.2, 0.25) is 0 Å². The normalized spacial score (nSPS) is 10.5. The van der Waals surface area contributed by atoms with Crippen LogP contribution in [-0.4, -0.2) is 29.4 Å². The van der Waals surface area contributed by atoms with E-state index in [4.69, 9.17) is 4.74 Å². The highest BCUT2D eigenvalue weighted by molar-refractivity contribution is 5.95. The standard InChI is InChI=1S/C15H14N2O4/c1-21-14-7-10(5-6-13(14)19)9-16-17-15(20)11-3-2-4-12(18)8-11/h2-9,18-19H,1H3,(H,17,20)/b16-9+. The van der Waals surface area contributed by atoms with Gasteiger partial charge in [-0.05, 0) is 42.0 Å². The van der Waals surface area contributed by atoms with Crippen molar-refractivity contribution < 1.29 is 19.7 Å². The third-order valence-electron chi connectivity index (χ3n) is 2.69. The summed E-state index contributed by atoms with van der Waals surface area (Å²) >= 11 is 0. The number of hydrogen-bond acceptors (Lipinski definition) is 5. The summed E-state index contributed by atoms with van der Waals surface area (Å²) in [7, 11) is 1.44. The molecule has 0 atom stereocenters. The average molecular weight is 286 g/mol. The molecule has 2 aromatic rings. The monoisotopic (exact) mass is 286 g/mol. The number of aromatic hydroxyl groups is 2. The van der Waals surface area contributed by atoms with Crippen molar-refractivity contribution in [2.75, 3.05) is 7.11 Å². The molecule has 6 heteroatoms. The third kappa shape index (κ3) is 3.73. The molecule has 0 unspecified atom stereocenters. The van der Waals surface area contributed by atoms with E-state index in [1.807, 2.05) is 0 Å². The number of methoxy groups -OCH3 is 1. The van der Waals surface area contributed by atoms with Crippen molar-refractivity contribution in [3.8, 4) is 17.2 Å². The molecular weight excluding hydrogens is 272 g/mol. The lowest BCUT2D eigenvalue weighted by molar-refractivity contribution is 0.0954. The maximum absolute atomic E-state index is 11.8. The largest absolute Gasteiger partial charge is 0.508 e. The molecule has 0 aliphatic heterocycles. The Kier molecular flexibility index (Phi) is 4.40. The van der Waals surface area contributed by atoms with Crippen molar-refractivity contribution in [2.45, 2.75) is 0 Å². The molecule has 0 fully saturated rings. The zero-order valence-electron chi connectivity index (χ0n) is 11.3. The van der Waals surface area contributed by atoms with Gasteiger partial charge in [0.2, 0.25) is 0 Å². The summed E-state index contributed by atoms with van der Waals surface area (Å²) in [6, 6.07) is 10.6. The number of hydrogen-bond donors (Lipinski definition) is 3. The number of rotatable bonds is 4. The van der Waals surface area contributed by atoms with Gasteiger partial charge < -0.3 is 14.9 Å². The zero-order valence-corrected chi connectivity index (χ0v) is 11.3. The SMILES string of the molecule is COc1cc(/C=N/NC(=O)c2cccc(O)c2)ccc1O. The van der Waals surface area contributed by atoms with Crippen LogP contribution in [0.5, 0.6) is 17.2 Å². The summed E-state index contributed by atoms with van der Waals surface area (Å²) in [6.45, 7) is 0. The molecule has 0 spiro atoms. The van der Waals surface area contributed by atoms with Crippen molar-refractivity contribution in [1.82, 2.24) is 5.43 Å². The van der Waals surface area contributed by atoms with E-state index in [0.717, 1.165) is 0 Å². The minimum Gasteiger partial charge on any atom is -0.508 e. The first-order valence-electron chi connectivity index (χ1n) is 6.09. The van der Waals surface area contributed by atoms with Crippen LogP contribution in [0.1, 0.15) is 15.9 Å². The van der Waals surface area contributed by atoms with Crippen LogP contribution >= 0.6 is 0 Å². The van der Waals surface area contributed by atoms with E-state index in [1.165, 1.54) is 31.5 Å². The molecule has 0 heterocycles. The third-order valence-corrected chi connectivity index (χ3v) is 2.69. The number of ether oxygens (including phenoxy) is 1. The quantitative estimate of drug-likeness (QED) is 0.591. The predicted molar refractivity (Wildman–Crippen MR) is 77.8 cm³/mol. The van der Waals surface area contributed by atoms with Crippen LogP contribution in [0.15, 0.2) is 47.6 Å².